The molecular formula is C57H39NO4S3. The van der Waals surface area contributed by atoms with E-state index >= 15 is 0 Å². The van der Waals surface area contributed by atoms with Crippen LogP contribution in [-0.2, 0) is 12.8 Å². The lowest BCUT2D eigenvalue weighted by Gasteiger charge is -2.25. The molecule has 8 heteroatoms. The zero-order chi connectivity index (χ0) is 44.0. The van der Waals surface area contributed by atoms with E-state index in [0.717, 1.165) is 33.9 Å². The SMILES string of the molecule is O=C(O)c1ccc2c(c1)C(=O)/C(=C\c1cc(Cc3ccccc3)c(C3SC(c4ccc5c(c4)sc4cc(N(c6ccccc6)c6ccccc6)ccc45)=CC3Cc3ccccc3)s1)C2=O. The first kappa shape index (κ1) is 40.7. The Morgan fingerprint density at radius 1 is 0.600 bits per heavy atom. The number of rotatable bonds is 11. The van der Waals surface area contributed by atoms with Crippen molar-refractivity contribution in [1.29, 1.82) is 0 Å². The molecule has 1 N–H and O–H groups in total. The molecule has 0 saturated heterocycles. The van der Waals surface area contributed by atoms with Crippen molar-refractivity contribution < 1.29 is 19.5 Å². The number of thiophene rings is 2. The summed E-state index contributed by atoms with van der Waals surface area (Å²) in [4.78, 5) is 44.7. The summed E-state index contributed by atoms with van der Waals surface area (Å²) in [6, 6.07) is 62.0. The number of nitrogens with zero attached hydrogens (tertiary/aromatic N) is 1. The van der Waals surface area contributed by atoms with Gasteiger partial charge in [-0.2, -0.15) is 0 Å². The van der Waals surface area contributed by atoms with E-state index in [-0.39, 0.29) is 39.2 Å². The second-order valence-corrected chi connectivity index (χ2v) is 19.8. The number of hydrogen-bond donors (Lipinski definition) is 1. The van der Waals surface area contributed by atoms with Gasteiger partial charge in [0.2, 0.25) is 0 Å². The molecule has 0 amide bonds. The van der Waals surface area contributed by atoms with Gasteiger partial charge < -0.3 is 10.0 Å². The number of aromatic carboxylic acids is 1. The Labute approximate surface area is 388 Å². The lowest BCUT2D eigenvalue weighted by Crippen LogP contribution is -2.09. The number of carbonyl (C=O) groups is 3. The van der Waals surface area contributed by atoms with E-state index in [1.165, 1.54) is 64.8 Å². The predicted octanol–water partition coefficient (Wildman–Crippen LogP) is 15.0. The van der Waals surface area contributed by atoms with Crippen molar-refractivity contribution >= 4 is 100 Å². The van der Waals surface area contributed by atoms with Gasteiger partial charge in [0.15, 0.2) is 11.6 Å². The van der Waals surface area contributed by atoms with Crippen molar-refractivity contribution in [2.45, 2.75) is 18.1 Å². The molecule has 0 radical (unpaired) electrons. The summed E-state index contributed by atoms with van der Waals surface area (Å²) in [5.41, 5.74) is 8.55. The number of ketones is 2. The zero-order valence-electron chi connectivity index (χ0n) is 34.9. The highest BCUT2D eigenvalue weighted by Gasteiger charge is 2.36. The van der Waals surface area contributed by atoms with Crippen molar-refractivity contribution in [2.24, 2.45) is 5.92 Å². The first-order valence-electron chi connectivity index (χ1n) is 21.5. The normalized spacial score (nSPS) is 16.4. The summed E-state index contributed by atoms with van der Waals surface area (Å²) in [5, 5.41) is 12.1. The average Bonchev–Trinajstić information content (AvgIpc) is 4.10. The molecule has 314 valence electrons. The number of allylic oxidation sites excluding steroid dienone is 2. The molecule has 0 bridgehead atoms. The van der Waals surface area contributed by atoms with Crippen LogP contribution < -0.4 is 4.90 Å². The quantitative estimate of drug-likeness (QED) is 0.103. The van der Waals surface area contributed by atoms with Gasteiger partial charge in [0.25, 0.3) is 0 Å². The van der Waals surface area contributed by atoms with Crippen LogP contribution in [0.4, 0.5) is 17.1 Å². The summed E-state index contributed by atoms with van der Waals surface area (Å²) in [6.45, 7) is 0. The van der Waals surface area contributed by atoms with Gasteiger partial charge in [0.05, 0.1) is 16.4 Å². The number of fused-ring (bicyclic) bond motifs is 4. The summed E-state index contributed by atoms with van der Waals surface area (Å²) >= 11 is 5.36. The molecule has 3 heterocycles. The lowest BCUT2D eigenvalue weighted by atomic mass is 9.92. The minimum atomic E-state index is -1.14. The molecule has 0 fully saturated rings. The highest BCUT2D eigenvalue weighted by molar-refractivity contribution is 8.08. The van der Waals surface area contributed by atoms with Crippen LogP contribution in [0.1, 0.15) is 68.3 Å². The molecule has 2 unspecified atom stereocenters. The maximum absolute atomic E-state index is 13.7. The Balaban J connectivity index is 0.964. The lowest BCUT2D eigenvalue weighted by molar-refractivity contribution is 0.0696. The molecule has 1 aliphatic heterocycles. The largest absolute Gasteiger partial charge is 0.478 e. The standard InChI is InChI=1S/C57H39NO4S3/c59-53-47-25-22-38(57(61)62)30-48(47)54(60)49(53)34-44-29-39(27-35-13-5-1-6-14-35)55(63-44)56-40(28-36-15-7-2-8-16-36)32-50(65-56)37-21-24-45-46-26-23-43(33-52(46)64-51(45)31-37)58(41-17-9-3-10-18-41)42-19-11-4-12-20-42/h1-26,29-34,40,56H,27-28H2,(H,61,62)/b49-34-. The maximum Gasteiger partial charge on any atom is 0.335 e. The van der Waals surface area contributed by atoms with E-state index in [0.29, 0.717) is 6.42 Å². The average molecular weight is 898 g/mol. The van der Waals surface area contributed by atoms with E-state index in [9.17, 15) is 19.5 Å². The molecule has 2 aromatic heterocycles. The van der Waals surface area contributed by atoms with E-state index < -0.39 is 11.8 Å². The second-order valence-electron chi connectivity index (χ2n) is 16.4. The van der Waals surface area contributed by atoms with Crippen LogP contribution in [0.3, 0.4) is 0 Å². The number of para-hydroxylation sites is 2. The summed E-state index contributed by atoms with van der Waals surface area (Å²) < 4.78 is 2.47. The molecule has 65 heavy (non-hydrogen) atoms. The number of hydrogen-bond acceptors (Lipinski definition) is 7. The van der Waals surface area contributed by atoms with Gasteiger partial charge in [-0.25, -0.2) is 4.79 Å². The summed E-state index contributed by atoms with van der Waals surface area (Å²) in [6.07, 6.45) is 5.73. The molecule has 5 nitrogen and oxygen atoms in total. The van der Waals surface area contributed by atoms with E-state index in [1.807, 2.05) is 41.3 Å². The first-order chi connectivity index (χ1) is 31.8. The van der Waals surface area contributed by atoms with Gasteiger partial charge in [-0.3, -0.25) is 9.59 Å². The van der Waals surface area contributed by atoms with E-state index in [1.54, 1.807) is 17.4 Å². The fourth-order valence-electron chi connectivity index (χ4n) is 9.13. The number of anilines is 3. The third-order valence-electron chi connectivity index (χ3n) is 12.2. The molecule has 2 aliphatic rings. The Hall–Kier alpha value is -7.10. The van der Waals surface area contributed by atoms with Crippen LogP contribution in [0.2, 0.25) is 0 Å². The molecule has 0 spiro atoms. The van der Waals surface area contributed by atoms with Crippen LogP contribution in [0.25, 0.3) is 31.2 Å². The summed E-state index contributed by atoms with van der Waals surface area (Å²) in [7, 11) is 0. The van der Waals surface area contributed by atoms with Gasteiger partial charge in [-0.1, -0.05) is 121 Å². The van der Waals surface area contributed by atoms with Crippen LogP contribution in [-0.4, -0.2) is 22.6 Å². The van der Waals surface area contributed by atoms with Crippen molar-refractivity contribution in [3.05, 3.63) is 242 Å². The van der Waals surface area contributed by atoms with Crippen molar-refractivity contribution in [1.82, 2.24) is 0 Å². The van der Waals surface area contributed by atoms with Crippen molar-refractivity contribution in [3.8, 4) is 0 Å². The van der Waals surface area contributed by atoms with E-state index in [4.69, 9.17) is 0 Å². The van der Waals surface area contributed by atoms with Crippen LogP contribution in [0, 0.1) is 5.92 Å². The second kappa shape index (κ2) is 17.1. The maximum atomic E-state index is 13.7. The number of carboxylic acid groups (broad SMARTS) is 1. The van der Waals surface area contributed by atoms with Gasteiger partial charge in [0, 0.05) is 63.0 Å². The summed E-state index contributed by atoms with van der Waals surface area (Å²) in [5.74, 6) is -1.78. The van der Waals surface area contributed by atoms with Crippen LogP contribution in [0.5, 0.6) is 0 Å². The van der Waals surface area contributed by atoms with Crippen molar-refractivity contribution in [2.75, 3.05) is 4.90 Å². The molecule has 9 aromatic rings. The Bertz CT molecular complexity index is 3330. The Morgan fingerprint density at radius 2 is 1.22 bits per heavy atom. The smallest absolute Gasteiger partial charge is 0.335 e. The highest BCUT2D eigenvalue weighted by Crippen LogP contribution is 2.56. The third-order valence-corrected chi connectivity index (χ3v) is 16.2. The number of carboxylic acids is 1. The number of benzene rings is 7. The van der Waals surface area contributed by atoms with Gasteiger partial charge >= 0.3 is 5.97 Å². The topological polar surface area (TPSA) is 74.7 Å². The fraction of sp³-hybridized carbons (Fsp3) is 0.0702. The molecule has 7 aromatic carbocycles. The molecule has 1 aliphatic carbocycles. The van der Waals surface area contributed by atoms with Gasteiger partial charge in [-0.05, 0) is 114 Å². The molecular weight excluding hydrogens is 859 g/mol. The van der Waals surface area contributed by atoms with Crippen LogP contribution >= 0.6 is 34.4 Å². The Kier molecular flexibility index (Phi) is 10.7. The minimum absolute atomic E-state index is 0.0182. The van der Waals surface area contributed by atoms with E-state index in [2.05, 4.69) is 157 Å². The van der Waals surface area contributed by atoms with Crippen molar-refractivity contribution in [3.63, 3.8) is 0 Å². The highest BCUT2D eigenvalue weighted by atomic mass is 32.2. The Morgan fingerprint density at radius 3 is 1.89 bits per heavy atom. The third kappa shape index (κ3) is 7.84. The zero-order valence-corrected chi connectivity index (χ0v) is 37.3. The number of Topliss-reactive ketones (excluding diaryl/α,β-unsaturated/α-hetero) is 2. The monoisotopic (exact) mass is 897 g/mol. The van der Waals surface area contributed by atoms with Crippen LogP contribution in [0.15, 0.2) is 194 Å². The molecule has 0 saturated carbocycles. The fourth-order valence-corrected chi connectivity index (χ4v) is 13.2. The predicted molar refractivity (Wildman–Crippen MR) is 270 cm³/mol. The van der Waals surface area contributed by atoms with Gasteiger partial charge in [0.1, 0.15) is 0 Å². The minimum Gasteiger partial charge on any atom is -0.478 e. The number of thioether (sulfide) groups is 1. The number of carbonyl (C=O) groups excluding carboxylic acids is 2. The van der Waals surface area contributed by atoms with Gasteiger partial charge in [-0.15, -0.1) is 34.4 Å². The first-order valence-corrected chi connectivity index (χ1v) is 24.0. The molecule has 2 atom stereocenters. The molecule has 11 rings (SSSR count).